The van der Waals surface area contributed by atoms with Crippen LogP contribution in [0, 0.1) is 0 Å². The molecule has 2 amide bonds. The van der Waals surface area contributed by atoms with Crippen LogP contribution in [0.2, 0.25) is 0 Å². The van der Waals surface area contributed by atoms with Gasteiger partial charge >= 0.3 is 12.0 Å². The molecule has 2 N–H and O–H groups in total. The molecule has 1 aromatic carbocycles. The Balaban J connectivity index is 2.25. The van der Waals surface area contributed by atoms with Crippen molar-refractivity contribution >= 4 is 17.7 Å². The summed E-state index contributed by atoms with van der Waals surface area (Å²) in [5.41, 5.74) is 1.40. The van der Waals surface area contributed by atoms with Crippen molar-refractivity contribution in [2.45, 2.75) is 19.3 Å². The van der Waals surface area contributed by atoms with Crippen LogP contribution in [0.15, 0.2) is 24.3 Å². The first kappa shape index (κ1) is 12.4. The smallest absolute Gasteiger partial charge is 0.321 e. The highest BCUT2D eigenvalue weighted by Crippen LogP contribution is 2.36. The molecule has 0 aromatic heterocycles. The number of anilines is 1. The number of carbonyl (C=O) groups excluding carboxylic acids is 1. The average molecular weight is 248 g/mol. The van der Waals surface area contributed by atoms with Crippen molar-refractivity contribution in [3.63, 3.8) is 0 Å². The van der Waals surface area contributed by atoms with E-state index in [1.807, 2.05) is 13.0 Å². The number of carboxylic acid groups (broad SMARTS) is 1. The summed E-state index contributed by atoms with van der Waals surface area (Å²) < 4.78 is 0. The second-order valence-corrected chi connectivity index (χ2v) is 4.29. The standard InChI is InChI=1S/C13H16N2O3/c1-2-7-14-13(18)15-8-10(12(16)17)9-5-3-4-6-11(9)15/h3-6,10H,2,7-8H2,1H3,(H,14,18)(H,16,17). The highest BCUT2D eigenvalue weighted by Gasteiger charge is 2.36. The van der Waals surface area contributed by atoms with Crippen LogP contribution in [0.3, 0.4) is 0 Å². The van der Waals surface area contributed by atoms with Gasteiger partial charge < -0.3 is 10.4 Å². The van der Waals surface area contributed by atoms with Crippen molar-refractivity contribution in [2.24, 2.45) is 0 Å². The number of fused-ring (bicyclic) bond motifs is 1. The summed E-state index contributed by atoms with van der Waals surface area (Å²) in [7, 11) is 0. The van der Waals surface area contributed by atoms with Crippen LogP contribution >= 0.6 is 0 Å². The Morgan fingerprint density at radius 1 is 1.44 bits per heavy atom. The van der Waals surface area contributed by atoms with Gasteiger partial charge in [-0.2, -0.15) is 0 Å². The molecule has 1 aliphatic heterocycles. The van der Waals surface area contributed by atoms with E-state index < -0.39 is 11.9 Å². The molecule has 0 fully saturated rings. The largest absolute Gasteiger partial charge is 0.481 e. The second-order valence-electron chi connectivity index (χ2n) is 4.29. The van der Waals surface area contributed by atoms with Gasteiger partial charge in [0, 0.05) is 18.8 Å². The Labute approximate surface area is 105 Å². The van der Waals surface area contributed by atoms with Crippen LogP contribution in [-0.4, -0.2) is 30.2 Å². The van der Waals surface area contributed by atoms with Crippen molar-refractivity contribution < 1.29 is 14.7 Å². The minimum atomic E-state index is -0.895. The first-order valence-electron chi connectivity index (χ1n) is 6.02. The van der Waals surface area contributed by atoms with Gasteiger partial charge in [0.2, 0.25) is 0 Å². The van der Waals surface area contributed by atoms with E-state index in [2.05, 4.69) is 5.32 Å². The van der Waals surface area contributed by atoms with Gasteiger partial charge in [-0.1, -0.05) is 25.1 Å². The predicted molar refractivity (Wildman–Crippen MR) is 67.9 cm³/mol. The molecule has 1 atom stereocenters. The summed E-state index contributed by atoms with van der Waals surface area (Å²) in [6.45, 7) is 2.76. The third kappa shape index (κ3) is 2.16. The number of rotatable bonds is 3. The number of benzene rings is 1. The van der Waals surface area contributed by atoms with E-state index >= 15 is 0 Å². The number of nitrogens with zero attached hydrogens (tertiary/aromatic N) is 1. The zero-order valence-electron chi connectivity index (χ0n) is 10.2. The Kier molecular flexibility index (Phi) is 3.50. The lowest BCUT2D eigenvalue weighted by molar-refractivity contribution is -0.138. The summed E-state index contributed by atoms with van der Waals surface area (Å²) in [6, 6.07) is 6.92. The predicted octanol–water partition coefficient (Wildman–Crippen LogP) is 1.79. The van der Waals surface area contributed by atoms with E-state index in [9.17, 15) is 14.7 Å². The van der Waals surface area contributed by atoms with E-state index in [4.69, 9.17) is 0 Å². The monoisotopic (exact) mass is 248 g/mol. The molecule has 1 aliphatic rings. The lowest BCUT2D eigenvalue weighted by Gasteiger charge is -2.17. The molecule has 1 unspecified atom stereocenters. The van der Waals surface area contributed by atoms with E-state index in [0.717, 1.165) is 6.42 Å². The lowest BCUT2D eigenvalue weighted by atomic mass is 10.0. The van der Waals surface area contributed by atoms with Crippen LogP contribution in [0.4, 0.5) is 10.5 Å². The third-order valence-corrected chi connectivity index (χ3v) is 3.04. The van der Waals surface area contributed by atoms with Crippen LogP contribution in [-0.2, 0) is 4.79 Å². The van der Waals surface area contributed by atoms with E-state index in [1.165, 1.54) is 4.90 Å². The zero-order valence-corrected chi connectivity index (χ0v) is 10.2. The number of carboxylic acids is 1. The fraction of sp³-hybridized carbons (Fsp3) is 0.385. The van der Waals surface area contributed by atoms with Crippen molar-refractivity contribution in [3.05, 3.63) is 29.8 Å². The normalized spacial score (nSPS) is 17.4. The summed E-state index contributed by atoms with van der Waals surface area (Å²) in [5.74, 6) is -1.53. The molecule has 0 spiro atoms. The van der Waals surface area contributed by atoms with Gasteiger partial charge in [0.15, 0.2) is 0 Å². The molecule has 0 radical (unpaired) electrons. The minimum Gasteiger partial charge on any atom is -0.481 e. The van der Waals surface area contributed by atoms with Crippen LogP contribution in [0.5, 0.6) is 0 Å². The number of hydrogen-bond acceptors (Lipinski definition) is 2. The maximum absolute atomic E-state index is 12.0. The number of carbonyl (C=O) groups is 2. The molecule has 5 heteroatoms. The minimum absolute atomic E-state index is 0.199. The summed E-state index contributed by atoms with van der Waals surface area (Å²) in [6.07, 6.45) is 0.851. The molecular formula is C13H16N2O3. The van der Waals surface area contributed by atoms with Gasteiger partial charge in [0.05, 0.1) is 0 Å². The molecule has 0 aliphatic carbocycles. The third-order valence-electron chi connectivity index (χ3n) is 3.04. The van der Waals surface area contributed by atoms with Crippen molar-refractivity contribution in [1.82, 2.24) is 5.32 Å². The van der Waals surface area contributed by atoms with Gasteiger partial charge in [-0.3, -0.25) is 9.69 Å². The van der Waals surface area contributed by atoms with Crippen molar-refractivity contribution in [2.75, 3.05) is 18.0 Å². The topological polar surface area (TPSA) is 69.6 Å². The van der Waals surface area contributed by atoms with Crippen molar-refractivity contribution in [1.29, 1.82) is 0 Å². The summed E-state index contributed by atoms with van der Waals surface area (Å²) in [5, 5.41) is 11.9. The zero-order chi connectivity index (χ0) is 13.1. The molecule has 1 heterocycles. The molecule has 0 saturated heterocycles. The van der Waals surface area contributed by atoms with Gasteiger partial charge in [-0.15, -0.1) is 0 Å². The first-order valence-corrected chi connectivity index (χ1v) is 6.02. The van der Waals surface area contributed by atoms with Crippen LogP contribution in [0.25, 0.3) is 0 Å². The van der Waals surface area contributed by atoms with E-state index in [-0.39, 0.29) is 12.6 Å². The molecule has 2 rings (SSSR count). The molecule has 96 valence electrons. The maximum Gasteiger partial charge on any atom is 0.321 e. The molecule has 5 nitrogen and oxygen atoms in total. The number of nitrogens with one attached hydrogen (secondary N) is 1. The number of para-hydroxylation sites is 1. The lowest BCUT2D eigenvalue weighted by Crippen LogP contribution is -2.40. The van der Waals surface area contributed by atoms with Crippen LogP contribution < -0.4 is 10.2 Å². The Morgan fingerprint density at radius 2 is 2.17 bits per heavy atom. The quantitative estimate of drug-likeness (QED) is 0.856. The first-order chi connectivity index (χ1) is 8.65. The Morgan fingerprint density at radius 3 is 2.83 bits per heavy atom. The van der Waals surface area contributed by atoms with E-state index in [1.54, 1.807) is 18.2 Å². The maximum atomic E-state index is 12.0. The number of aliphatic carboxylic acids is 1. The second kappa shape index (κ2) is 5.08. The average Bonchev–Trinajstić information content (AvgIpc) is 2.75. The molecular weight excluding hydrogens is 232 g/mol. The van der Waals surface area contributed by atoms with Crippen molar-refractivity contribution in [3.8, 4) is 0 Å². The van der Waals surface area contributed by atoms with Gasteiger partial charge in [0.1, 0.15) is 5.92 Å². The number of amides is 2. The number of hydrogen-bond donors (Lipinski definition) is 2. The molecule has 1 aromatic rings. The Hall–Kier alpha value is -2.04. The van der Waals surface area contributed by atoms with Gasteiger partial charge in [-0.05, 0) is 18.1 Å². The summed E-state index contributed by atoms with van der Waals surface area (Å²) in [4.78, 5) is 24.6. The number of urea groups is 1. The van der Waals surface area contributed by atoms with Crippen LogP contribution in [0.1, 0.15) is 24.8 Å². The fourth-order valence-corrected chi connectivity index (χ4v) is 2.14. The van der Waals surface area contributed by atoms with Gasteiger partial charge in [-0.25, -0.2) is 4.79 Å². The highest BCUT2D eigenvalue weighted by molar-refractivity contribution is 5.97. The van der Waals surface area contributed by atoms with E-state index in [0.29, 0.717) is 17.8 Å². The molecule has 18 heavy (non-hydrogen) atoms. The molecule has 0 bridgehead atoms. The molecule has 0 saturated carbocycles. The summed E-state index contributed by atoms with van der Waals surface area (Å²) >= 11 is 0. The van der Waals surface area contributed by atoms with Gasteiger partial charge in [0.25, 0.3) is 0 Å². The highest BCUT2D eigenvalue weighted by atomic mass is 16.4. The fourth-order valence-electron chi connectivity index (χ4n) is 2.14. The SMILES string of the molecule is CCCNC(=O)N1CC(C(=O)O)c2ccccc21. The Bertz CT molecular complexity index is 473.